The Morgan fingerprint density at radius 2 is 1.79 bits per heavy atom. The van der Waals surface area contributed by atoms with E-state index in [-0.39, 0.29) is 22.1 Å². The molecule has 1 aromatic carbocycles. The van der Waals surface area contributed by atoms with Gasteiger partial charge in [-0.1, -0.05) is 0 Å². The van der Waals surface area contributed by atoms with Gasteiger partial charge in [0.15, 0.2) is 5.78 Å². The number of halogens is 7. The molecule has 0 saturated carbocycles. The highest BCUT2D eigenvalue weighted by molar-refractivity contribution is 7.99. The van der Waals surface area contributed by atoms with Gasteiger partial charge in [-0.15, -0.1) is 11.8 Å². The van der Waals surface area contributed by atoms with Gasteiger partial charge in [-0.3, -0.25) is 4.79 Å². The van der Waals surface area contributed by atoms with Gasteiger partial charge in [0, 0.05) is 17.4 Å². The number of ketones is 1. The molecule has 134 valence electrons. The summed E-state index contributed by atoms with van der Waals surface area (Å²) in [7, 11) is 0. The Kier molecular flexibility index (Phi) is 6.32. The molecule has 0 aliphatic heterocycles. The molecule has 0 radical (unpaired) electrons. The highest BCUT2D eigenvalue weighted by atomic mass is 32.2. The zero-order valence-electron chi connectivity index (χ0n) is 12.1. The number of rotatable bonds is 5. The summed E-state index contributed by atoms with van der Waals surface area (Å²) in [6.07, 6.45) is -10.5. The number of alkyl halides is 6. The Hall–Kier alpha value is -1.71. The van der Waals surface area contributed by atoms with Gasteiger partial charge in [0.1, 0.15) is 5.82 Å². The molecule has 0 spiro atoms. The van der Waals surface area contributed by atoms with Gasteiger partial charge in [-0.2, -0.15) is 26.3 Å². The van der Waals surface area contributed by atoms with Gasteiger partial charge in [0.05, 0.1) is 5.75 Å². The number of hydrogen-bond acceptors (Lipinski definition) is 3. The van der Waals surface area contributed by atoms with Crippen LogP contribution in [0.4, 0.5) is 30.7 Å². The first-order valence-electron chi connectivity index (χ1n) is 6.29. The highest BCUT2D eigenvalue weighted by Crippen LogP contribution is 2.31. The van der Waals surface area contributed by atoms with Crippen molar-refractivity contribution in [3.63, 3.8) is 0 Å². The maximum Gasteiger partial charge on any atom is 0.448 e. The molecule has 1 aromatic rings. The van der Waals surface area contributed by atoms with E-state index >= 15 is 0 Å². The Morgan fingerprint density at radius 3 is 2.29 bits per heavy atom. The van der Waals surface area contributed by atoms with E-state index in [1.54, 1.807) is 0 Å². The molecule has 24 heavy (non-hydrogen) atoms. The van der Waals surface area contributed by atoms with Crippen LogP contribution in [0.1, 0.15) is 11.1 Å². The van der Waals surface area contributed by atoms with E-state index in [1.165, 1.54) is 6.92 Å². The van der Waals surface area contributed by atoms with Gasteiger partial charge in [-0.25, -0.2) is 4.39 Å². The number of benzene rings is 1. The van der Waals surface area contributed by atoms with Crippen LogP contribution in [0, 0.1) is 12.7 Å². The van der Waals surface area contributed by atoms with E-state index in [9.17, 15) is 35.5 Å². The molecule has 1 N–H and O–H groups in total. The van der Waals surface area contributed by atoms with Crippen LogP contribution in [0.3, 0.4) is 0 Å². The average molecular weight is 376 g/mol. The van der Waals surface area contributed by atoms with E-state index in [0.717, 1.165) is 12.1 Å². The fraction of sp³-hybridized carbons (Fsp3) is 0.357. The first-order chi connectivity index (χ1) is 10.8. The van der Waals surface area contributed by atoms with Crippen molar-refractivity contribution in [3.05, 3.63) is 40.9 Å². The topological polar surface area (TPSA) is 37.3 Å². The van der Waals surface area contributed by atoms with E-state index in [1.807, 2.05) is 0 Å². The van der Waals surface area contributed by atoms with Crippen LogP contribution in [-0.2, 0) is 11.2 Å². The summed E-state index contributed by atoms with van der Waals surface area (Å²) in [5, 5.41) is 8.67. The molecule has 0 fully saturated rings. The van der Waals surface area contributed by atoms with Crippen molar-refractivity contribution in [2.45, 2.75) is 30.6 Å². The number of allylic oxidation sites excluding steroid dienone is 2. The summed E-state index contributed by atoms with van der Waals surface area (Å²) in [5.41, 5.74) is -0.159. The maximum absolute atomic E-state index is 13.7. The summed E-state index contributed by atoms with van der Waals surface area (Å²) in [4.78, 5) is 11.5. The maximum atomic E-state index is 13.7. The fourth-order valence-electron chi connectivity index (χ4n) is 1.62. The van der Waals surface area contributed by atoms with Gasteiger partial charge < -0.3 is 5.11 Å². The molecule has 0 unspecified atom stereocenters. The van der Waals surface area contributed by atoms with Crippen molar-refractivity contribution in [3.8, 4) is 0 Å². The second-order valence-electron chi connectivity index (χ2n) is 4.78. The molecule has 0 aromatic heterocycles. The number of carbonyl (C=O) groups excluding carboxylic acids is 1. The third-order valence-electron chi connectivity index (χ3n) is 2.69. The zero-order valence-corrected chi connectivity index (χ0v) is 12.9. The first kappa shape index (κ1) is 20.3. The number of carbonyl (C=O) groups is 1. The van der Waals surface area contributed by atoms with Crippen molar-refractivity contribution >= 4 is 17.5 Å². The van der Waals surface area contributed by atoms with E-state index < -0.39 is 41.9 Å². The lowest BCUT2D eigenvalue weighted by molar-refractivity contribution is -0.125. The Balaban J connectivity index is 2.98. The summed E-state index contributed by atoms with van der Waals surface area (Å²) < 4.78 is 86.7. The van der Waals surface area contributed by atoms with Crippen molar-refractivity contribution < 1.29 is 40.6 Å². The number of aliphatic hydroxyl groups excluding tert-OH is 1. The largest absolute Gasteiger partial charge is 0.504 e. The van der Waals surface area contributed by atoms with Crippen LogP contribution >= 0.6 is 11.8 Å². The van der Waals surface area contributed by atoms with Gasteiger partial charge >= 0.3 is 12.4 Å². The van der Waals surface area contributed by atoms with Crippen molar-refractivity contribution in [2.75, 3.05) is 5.75 Å². The molecule has 0 atom stereocenters. The van der Waals surface area contributed by atoms with Crippen molar-refractivity contribution in [1.82, 2.24) is 0 Å². The van der Waals surface area contributed by atoms with E-state index in [4.69, 9.17) is 5.11 Å². The molecule has 0 bridgehead atoms. The lowest BCUT2D eigenvalue weighted by Crippen LogP contribution is -2.14. The Bertz CT molecular complexity index is 648. The molecule has 0 aliphatic carbocycles. The van der Waals surface area contributed by atoms with Crippen LogP contribution in [-0.4, -0.2) is 29.0 Å². The quantitative estimate of drug-likeness (QED) is 0.344. The van der Waals surface area contributed by atoms with Crippen molar-refractivity contribution in [2.24, 2.45) is 0 Å². The smallest absolute Gasteiger partial charge is 0.448 e. The molecule has 10 heteroatoms. The second-order valence-corrected chi connectivity index (χ2v) is 5.80. The van der Waals surface area contributed by atoms with Crippen LogP contribution in [0.2, 0.25) is 0 Å². The molecule has 0 heterocycles. The minimum atomic E-state index is -5.12. The molecule has 1 rings (SSSR count). The van der Waals surface area contributed by atoms with Crippen molar-refractivity contribution in [1.29, 1.82) is 0 Å². The third kappa shape index (κ3) is 6.42. The number of aliphatic hydroxyl groups is 1. The summed E-state index contributed by atoms with van der Waals surface area (Å²) >= 11 is 0.374. The van der Waals surface area contributed by atoms with Gasteiger partial charge in [0.2, 0.25) is 5.76 Å². The van der Waals surface area contributed by atoms with Crippen LogP contribution < -0.4 is 0 Å². The Labute approximate surface area is 136 Å². The fourth-order valence-corrected chi connectivity index (χ4v) is 2.45. The lowest BCUT2D eigenvalue weighted by atomic mass is 10.1. The molecule has 2 nitrogen and oxygen atoms in total. The Morgan fingerprint density at radius 1 is 1.21 bits per heavy atom. The van der Waals surface area contributed by atoms with Crippen LogP contribution in [0.15, 0.2) is 28.9 Å². The summed E-state index contributed by atoms with van der Waals surface area (Å²) in [5.74, 6) is -5.54. The summed E-state index contributed by atoms with van der Waals surface area (Å²) in [6, 6.07) is 1.88. The molecule has 0 saturated heterocycles. The second kappa shape index (κ2) is 7.45. The van der Waals surface area contributed by atoms with Gasteiger partial charge in [-0.05, 0) is 30.2 Å². The number of thioether (sulfide) groups is 1. The highest BCUT2D eigenvalue weighted by Gasteiger charge is 2.34. The lowest BCUT2D eigenvalue weighted by Gasteiger charge is -2.11. The molecular formula is C14H11F7O2S. The van der Waals surface area contributed by atoms with Crippen LogP contribution in [0.5, 0.6) is 0 Å². The predicted octanol–water partition coefficient (Wildman–Crippen LogP) is 4.90. The third-order valence-corrected chi connectivity index (χ3v) is 3.91. The first-order valence-corrected chi connectivity index (χ1v) is 7.27. The predicted molar refractivity (Wildman–Crippen MR) is 73.4 cm³/mol. The standard InChI is InChI=1S/C14H11F7O2S/c1-7-2-10(15)8(4-11(7)24-6-13(16,17)18)3-9(22)5-12(23)14(19,20)21/h2,4-5,23H,3,6H2,1H3/b12-5-. The van der Waals surface area contributed by atoms with E-state index in [0.29, 0.717) is 11.8 Å². The minimum Gasteiger partial charge on any atom is -0.504 e. The van der Waals surface area contributed by atoms with Crippen LogP contribution in [0.25, 0.3) is 0 Å². The summed E-state index contributed by atoms with van der Waals surface area (Å²) in [6.45, 7) is 1.36. The van der Waals surface area contributed by atoms with E-state index in [2.05, 4.69) is 0 Å². The molecule has 0 amide bonds. The molecule has 0 aliphatic rings. The van der Waals surface area contributed by atoms with Gasteiger partial charge in [0.25, 0.3) is 0 Å². The molecular weight excluding hydrogens is 365 g/mol. The number of aryl methyl sites for hydroxylation is 1. The normalized spacial score (nSPS) is 13.2. The monoisotopic (exact) mass is 376 g/mol. The minimum absolute atomic E-state index is 0.0561. The SMILES string of the molecule is Cc1cc(F)c(CC(=O)/C=C(\O)C(F)(F)F)cc1SCC(F)(F)F. The average Bonchev–Trinajstić information content (AvgIpc) is 2.38. The number of hydrogen-bond donors (Lipinski definition) is 1. The zero-order chi connectivity index (χ0) is 18.7.